The van der Waals surface area contributed by atoms with Crippen LogP contribution in [-0.2, 0) is 0 Å². The Morgan fingerprint density at radius 3 is 2.61 bits per heavy atom. The van der Waals surface area contributed by atoms with Crippen molar-refractivity contribution in [2.24, 2.45) is 0 Å². The van der Waals surface area contributed by atoms with Gasteiger partial charge in [0, 0.05) is 25.6 Å². The fourth-order valence-corrected chi connectivity index (χ4v) is 1.67. The number of benzene rings is 1. The van der Waals surface area contributed by atoms with Gasteiger partial charge in [-0.2, -0.15) is 0 Å². The lowest BCUT2D eigenvalue weighted by atomic mass is 10.0. The van der Waals surface area contributed by atoms with Gasteiger partial charge in [0.2, 0.25) is 0 Å². The molecular weight excluding hydrogens is 236 g/mol. The van der Waals surface area contributed by atoms with Gasteiger partial charge >= 0.3 is 0 Å². The normalized spacial score (nSPS) is 9.94. The number of carbonyl (C=O) groups excluding carboxylic acids is 1. The average molecular weight is 252 g/mol. The fourth-order valence-electron chi connectivity index (χ4n) is 1.67. The van der Waals surface area contributed by atoms with Gasteiger partial charge in [-0.15, -0.1) is 0 Å². The van der Waals surface area contributed by atoms with E-state index >= 15 is 0 Å². The van der Waals surface area contributed by atoms with Gasteiger partial charge in [0.1, 0.15) is 11.4 Å². The molecule has 6 nitrogen and oxygen atoms in total. The molecular formula is C12H16N2O4. The number of rotatable bonds is 6. The van der Waals surface area contributed by atoms with Crippen molar-refractivity contribution in [3.8, 4) is 5.75 Å². The van der Waals surface area contributed by atoms with E-state index < -0.39 is 4.92 Å². The first-order chi connectivity index (χ1) is 8.54. The van der Waals surface area contributed by atoms with Crippen LogP contribution in [0, 0.1) is 10.1 Å². The smallest absolute Gasteiger partial charge is 0.293 e. The molecule has 18 heavy (non-hydrogen) atoms. The molecule has 0 bridgehead atoms. The lowest BCUT2D eigenvalue weighted by Gasteiger charge is -2.10. The number of ketones is 1. The van der Waals surface area contributed by atoms with Crippen LogP contribution in [0.25, 0.3) is 0 Å². The third-order valence-electron chi connectivity index (χ3n) is 2.56. The van der Waals surface area contributed by atoms with Gasteiger partial charge in [-0.1, -0.05) is 6.92 Å². The summed E-state index contributed by atoms with van der Waals surface area (Å²) in [5.41, 5.74) is 0.452. The van der Waals surface area contributed by atoms with Crippen molar-refractivity contribution in [1.29, 1.82) is 0 Å². The third kappa shape index (κ3) is 2.77. The molecule has 0 saturated heterocycles. The van der Waals surface area contributed by atoms with Gasteiger partial charge < -0.3 is 10.1 Å². The first kappa shape index (κ1) is 14.0. The Hall–Kier alpha value is -2.11. The van der Waals surface area contributed by atoms with Crippen molar-refractivity contribution >= 4 is 17.2 Å². The van der Waals surface area contributed by atoms with Gasteiger partial charge in [-0.05, 0) is 6.42 Å². The number of nitro groups is 1. The Labute approximate surface area is 105 Å². The van der Waals surface area contributed by atoms with Crippen LogP contribution in [0.4, 0.5) is 11.4 Å². The van der Waals surface area contributed by atoms with Crippen LogP contribution in [-0.4, -0.2) is 24.9 Å². The topological polar surface area (TPSA) is 81.5 Å². The molecule has 0 radical (unpaired) electrons. The number of nitrogens with one attached hydrogen (secondary N) is 1. The Kier molecular flexibility index (Phi) is 4.65. The second-order valence-corrected chi connectivity index (χ2v) is 3.75. The molecule has 0 aliphatic heterocycles. The van der Waals surface area contributed by atoms with E-state index in [0.717, 1.165) is 0 Å². The summed E-state index contributed by atoms with van der Waals surface area (Å²) in [7, 11) is 3.01. The zero-order chi connectivity index (χ0) is 13.7. The fraction of sp³-hybridized carbons (Fsp3) is 0.417. The highest BCUT2D eigenvalue weighted by Gasteiger charge is 2.21. The molecule has 1 aromatic carbocycles. The first-order valence-corrected chi connectivity index (χ1v) is 5.62. The van der Waals surface area contributed by atoms with Crippen LogP contribution < -0.4 is 10.1 Å². The van der Waals surface area contributed by atoms with E-state index in [1.807, 2.05) is 6.92 Å². The molecule has 0 aromatic heterocycles. The summed E-state index contributed by atoms with van der Waals surface area (Å²) in [6.07, 6.45) is 1.02. The molecule has 1 N–H and O–H groups in total. The molecule has 1 aromatic rings. The van der Waals surface area contributed by atoms with Crippen LogP contribution in [0.2, 0.25) is 0 Å². The summed E-state index contributed by atoms with van der Waals surface area (Å²) < 4.78 is 5.11. The lowest BCUT2D eigenvalue weighted by Crippen LogP contribution is -2.05. The van der Waals surface area contributed by atoms with Gasteiger partial charge in [0.15, 0.2) is 5.78 Å². The van der Waals surface area contributed by atoms with Crippen molar-refractivity contribution in [3.05, 3.63) is 27.8 Å². The predicted molar refractivity (Wildman–Crippen MR) is 68.4 cm³/mol. The number of methoxy groups -OCH3 is 1. The summed E-state index contributed by atoms with van der Waals surface area (Å²) in [6.45, 7) is 1.88. The van der Waals surface area contributed by atoms with E-state index in [0.29, 0.717) is 24.3 Å². The molecule has 0 amide bonds. The molecule has 6 heteroatoms. The van der Waals surface area contributed by atoms with Gasteiger partial charge in [-0.25, -0.2) is 0 Å². The van der Waals surface area contributed by atoms with Crippen LogP contribution in [0.15, 0.2) is 12.1 Å². The predicted octanol–water partition coefficient (Wildman–Crippen LogP) is 2.63. The highest BCUT2D eigenvalue weighted by atomic mass is 16.6. The van der Waals surface area contributed by atoms with Crippen molar-refractivity contribution in [2.45, 2.75) is 19.8 Å². The molecule has 0 atom stereocenters. The molecule has 0 saturated carbocycles. The average Bonchev–Trinajstić information content (AvgIpc) is 2.37. The number of ether oxygens (including phenoxy) is 1. The van der Waals surface area contributed by atoms with Crippen LogP contribution in [0.5, 0.6) is 5.75 Å². The van der Waals surface area contributed by atoms with Gasteiger partial charge in [0.25, 0.3) is 5.69 Å². The Morgan fingerprint density at radius 1 is 1.50 bits per heavy atom. The van der Waals surface area contributed by atoms with Crippen molar-refractivity contribution in [2.75, 3.05) is 19.5 Å². The Bertz CT molecular complexity index is 471. The number of nitrogens with zero attached hydrogens (tertiary/aromatic N) is 1. The summed E-state index contributed by atoms with van der Waals surface area (Å²) >= 11 is 0. The minimum Gasteiger partial charge on any atom is -0.496 e. The van der Waals surface area contributed by atoms with Crippen LogP contribution in [0.1, 0.15) is 30.1 Å². The summed E-state index contributed by atoms with van der Waals surface area (Å²) in [6, 6.07) is 2.74. The molecule has 0 fully saturated rings. The molecule has 0 heterocycles. The zero-order valence-electron chi connectivity index (χ0n) is 10.6. The molecule has 0 aliphatic rings. The van der Waals surface area contributed by atoms with E-state index in [2.05, 4.69) is 5.32 Å². The summed E-state index contributed by atoms with van der Waals surface area (Å²) in [4.78, 5) is 22.3. The van der Waals surface area contributed by atoms with Gasteiger partial charge in [0.05, 0.1) is 17.6 Å². The molecule has 0 unspecified atom stereocenters. The van der Waals surface area contributed by atoms with Crippen molar-refractivity contribution in [3.63, 3.8) is 0 Å². The van der Waals surface area contributed by atoms with Crippen LogP contribution in [0.3, 0.4) is 0 Å². The molecule has 0 aliphatic carbocycles. The monoisotopic (exact) mass is 252 g/mol. The number of Topliss-reactive ketones (excluding diaryl/α,β-unsaturated/α-hetero) is 1. The van der Waals surface area contributed by atoms with E-state index in [4.69, 9.17) is 4.74 Å². The molecule has 98 valence electrons. The zero-order valence-corrected chi connectivity index (χ0v) is 10.6. The first-order valence-electron chi connectivity index (χ1n) is 5.62. The largest absolute Gasteiger partial charge is 0.496 e. The second-order valence-electron chi connectivity index (χ2n) is 3.75. The molecule has 0 spiro atoms. The number of anilines is 1. The SMILES string of the molecule is CCCC(=O)c1cc([N+](=O)[O-])c(NC)cc1OC. The Balaban J connectivity index is 3.36. The number of nitro benzene ring substituents is 1. The Morgan fingerprint density at radius 2 is 2.17 bits per heavy atom. The maximum absolute atomic E-state index is 11.9. The summed E-state index contributed by atoms with van der Waals surface area (Å²) in [5, 5.41) is 13.6. The number of hydrogen-bond acceptors (Lipinski definition) is 5. The van der Waals surface area contributed by atoms with Crippen LogP contribution >= 0.6 is 0 Å². The third-order valence-corrected chi connectivity index (χ3v) is 2.56. The van der Waals surface area contributed by atoms with Gasteiger partial charge in [-0.3, -0.25) is 14.9 Å². The standard InChI is InChI=1S/C12H16N2O4/c1-4-5-11(15)8-6-10(14(16)17)9(13-2)7-12(8)18-3/h6-7,13H,4-5H2,1-3H3. The highest BCUT2D eigenvalue weighted by molar-refractivity contribution is 6.00. The second kappa shape index (κ2) is 6.00. The summed E-state index contributed by atoms with van der Waals surface area (Å²) in [5.74, 6) is 0.198. The maximum atomic E-state index is 11.9. The van der Waals surface area contributed by atoms with E-state index in [-0.39, 0.29) is 17.0 Å². The minimum atomic E-state index is -0.520. The minimum absolute atomic E-state index is 0.127. The highest BCUT2D eigenvalue weighted by Crippen LogP contribution is 2.33. The van der Waals surface area contributed by atoms with Crippen molar-refractivity contribution < 1.29 is 14.5 Å². The lowest BCUT2D eigenvalue weighted by molar-refractivity contribution is -0.384. The van der Waals surface area contributed by atoms with E-state index in [1.54, 1.807) is 7.05 Å². The van der Waals surface area contributed by atoms with Crippen molar-refractivity contribution in [1.82, 2.24) is 0 Å². The number of carbonyl (C=O) groups is 1. The quantitative estimate of drug-likeness (QED) is 0.478. The van der Waals surface area contributed by atoms with E-state index in [1.165, 1.54) is 19.2 Å². The van der Waals surface area contributed by atoms with E-state index in [9.17, 15) is 14.9 Å². The maximum Gasteiger partial charge on any atom is 0.293 e. The molecule has 1 rings (SSSR count). The number of hydrogen-bond donors (Lipinski definition) is 1.